The lowest BCUT2D eigenvalue weighted by atomic mass is 9.66. The first-order valence-electron chi connectivity index (χ1n) is 10.4. The third-order valence-corrected chi connectivity index (χ3v) is 6.19. The summed E-state index contributed by atoms with van der Waals surface area (Å²) in [5.41, 5.74) is 11.7. The molecule has 4 rings (SSSR count). The SMILES string of the molecule is C=C1/C=C\CCC2(CC/C=C\C1=C)c1ccccc1Oc1ccc(C(C)N)cc12. The summed E-state index contributed by atoms with van der Waals surface area (Å²) in [5, 5.41) is 0. The number of hydrogen-bond donors (Lipinski definition) is 1. The molecule has 148 valence electrons. The van der Waals surface area contributed by atoms with E-state index in [2.05, 4.69) is 73.9 Å². The highest BCUT2D eigenvalue weighted by molar-refractivity contribution is 5.59. The number of benzene rings is 2. The molecule has 1 unspecified atom stereocenters. The van der Waals surface area contributed by atoms with Crippen molar-refractivity contribution in [1.29, 1.82) is 0 Å². The predicted octanol–water partition coefficient (Wildman–Crippen LogP) is 6.90. The van der Waals surface area contributed by atoms with Gasteiger partial charge in [0.15, 0.2) is 0 Å². The van der Waals surface area contributed by atoms with Crippen LogP contribution in [0.3, 0.4) is 0 Å². The van der Waals surface area contributed by atoms with Crippen molar-refractivity contribution in [2.24, 2.45) is 5.73 Å². The van der Waals surface area contributed by atoms with Crippen LogP contribution in [0.1, 0.15) is 55.3 Å². The third-order valence-electron chi connectivity index (χ3n) is 6.19. The Morgan fingerprint density at radius 1 is 0.897 bits per heavy atom. The molecule has 2 N–H and O–H groups in total. The van der Waals surface area contributed by atoms with Gasteiger partial charge in [-0.15, -0.1) is 0 Å². The van der Waals surface area contributed by atoms with Gasteiger partial charge in [0.1, 0.15) is 11.5 Å². The standard InChI is InChI=1S/C27H29NO/c1-19-10-6-8-16-27(17-9-7-11-20(19)2)23-12-4-5-13-25(23)29-26-15-14-22(21(3)28)18-24(26)27/h4-7,10-15,18,21H,1-2,8-9,16-17,28H2,3H3/b10-6-,11-7-. The van der Waals surface area contributed by atoms with Crippen molar-refractivity contribution >= 4 is 0 Å². The highest BCUT2D eigenvalue weighted by Gasteiger charge is 2.41. The van der Waals surface area contributed by atoms with Crippen molar-refractivity contribution in [3.63, 3.8) is 0 Å². The Labute approximate surface area is 174 Å². The second-order valence-electron chi connectivity index (χ2n) is 8.16. The molecule has 2 nitrogen and oxygen atoms in total. The number of hydrogen-bond acceptors (Lipinski definition) is 2. The van der Waals surface area contributed by atoms with Gasteiger partial charge in [0, 0.05) is 22.6 Å². The van der Waals surface area contributed by atoms with Gasteiger partial charge < -0.3 is 10.5 Å². The molecule has 2 aromatic carbocycles. The fraction of sp³-hybridized carbons (Fsp3) is 0.259. The van der Waals surface area contributed by atoms with Crippen molar-refractivity contribution in [1.82, 2.24) is 0 Å². The van der Waals surface area contributed by atoms with Crippen LogP contribution in [0.25, 0.3) is 0 Å². The van der Waals surface area contributed by atoms with Crippen LogP contribution in [0.5, 0.6) is 11.5 Å². The summed E-state index contributed by atoms with van der Waals surface area (Å²) in [5.74, 6) is 1.91. The molecule has 0 bridgehead atoms. The minimum Gasteiger partial charge on any atom is -0.457 e. The van der Waals surface area contributed by atoms with Gasteiger partial charge in [-0.1, -0.05) is 61.7 Å². The van der Waals surface area contributed by atoms with Crippen LogP contribution >= 0.6 is 0 Å². The van der Waals surface area contributed by atoms with E-state index in [4.69, 9.17) is 10.5 Å². The molecule has 0 fully saturated rings. The van der Waals surface area contributed by atoms with E-state index >= 15 is 0 Å². The van der Waals surface area contributed by atoms with Gasteiger partial charge in [0.2, 0.25) is 0 Å². The average molecular weight is 384 g/mol. The minimum atomic E-state index is -0.114. The van der Waals surface area contributed by atoms with E-state index in [1.807, 2.05) is 13.0 Å². The zero-order valence-corrected chi connectivity index (χ0v) is 17.2. The summed E-state index contributed by atoms with van der Waals surface area (Å²) in [6.07, 6.45) is 12.6. The first-order valence-corrected chi connectivity index (χ1v) is 10.4. The largest absolute Gasteiger partial charge is 0.457 e. The number of nitrogens with two attached hydrogens (primary N) is 1. The van der Waals surface area contributed by atoms with Gasteiger partial charge in [-0.05, 0) is 67.5 Å². The topological polar surface area (TPSA) is 35.2 Å². The fourth-order valence-corrected chi connectivity index (χ4v) is 4.50. The van der Waals surface area contributed by atoms with Crippen LogP contribution in [0.2, 0.25) is 0 Å². The van der Waals surface area contributed by atoms with Gasteiger partial charge in [0.25, 0.3) is 0 Å². The van der Waals surface area contributed by atoms with Crippen LogP contribution in [0.15, 0.2) is 91.1 Å². The minimum absolute atomic E-state index is 0.0105. The van der Waals surface area contributed by atoms with E-state index in [9.17, 15) is 0 Å². The van der Waals surface area contributed by atoms with Crippen LogP contribution in [0.4, 0.5) is 0 Å². The Bertz CT molecular complexity index is 981. The van der Waals surface area contributed by atoms with Gasteiger partial charge in [0.05, 0.1) is 0 Å². The zero-order valence-electron chi connectivity index (χ0n) is 17.2. The second-order valence-corrected chi connectivity index (χ2v) is 8.16. The maximum Gasteiger partial charge on any atom is 0.131 e. The Hall–Kier alpha value is -2.84. The first-order chi connectivity index (χ1) is 14.0. The van der Waals surface area contributed by atoms with Gasteiger partial charge in [-0.25, -0.2) is 0 Å². The smallest absolute Gasteiger partial charge is 0.131 e. The summed E-state index contributed by atoms with van der Waals surface area (Å²) in [7, 11) is 0. The summed E-state index contributed by atoms with van der Waals surface area (Å²) >= 11 is 0. The van der Waals surface area contributed by atoms with E-state index in [1.54, 1.807) is 0 Å². The van der Waals surface area contributed by atoms with E-state index in [1.165, 1.54) is 11.1 Å². The molecule has 1 aliphatic heterocycles. The highest BCUT2D eigenvalue weighted by atomic mass is 16.5. The molecule has 2 aromatic rings. The highest BCUT2D eigenvalue weighted by Crippen LogP contribution is 2.53. The maximum absolute atomic E-state index is 6.32. The van der Waals surface area contributed by atoms with Gasteiger partial charge in [-0.3, -0.25) is 0 Å². The molecule has 0 aromatic heterocycles. The van der Waals surface area contributed by atoms with E-state index in [0.717, 1.165) is 53.9 Å². The summed E-state index contributed by atoms with van der Waals surface area (Å²) in [6, 6.07) is 14.9. The normalized spacial score (nSPS) is 21.3. The molecule has 0 saturated heterocycles. The lowest BCUT2D eigenvalue weighted by Gasteiger charge is -2.41. The number of ether oxygens (including phenoxy) is 1. The molecule has 1 spiro atoms. The lowest BCUT2D eigenvalue weighted by molar-refractivity contribution is 0.360. The predicted molar refractivity (Wildman–Crippen MR) is 121 cm³/mol. The molecule has 0 radical (unpaired) electrons. The van der Waals surface area contributed by atoms with E-state index in [0.29, 0.717) is 0 Å². The lowest BCUT2D eigenvalue weighted by Crippen LogP contribution is -2.32. The molecule has 1 aliphatic carbocycles. The van der Waals surface area contributed by atoms with Crippen LogP contribution in [-0.4, -0.2) is 0 Å². The van der Waals surface area contributed by atoms with Crippen molar-refractivity contribution in [2.45, 2.75) is 44.1 Å². The Morgan fingerprint density at radius 3 is 2.17 bits per heavy atom. The van der Waals surface area contributed by atoms with Crippen LogP contribution < -0.4 is 10.5 Å². The number of para-hydroxylation sites is 1. The molecule has 2 aliphatic rings. The zero-order chi connectivity index (χ0) is 20.4. The van der Waals surface area contributed by atoms with Gasteiger partial charge >= 0.3 is 0 Å². The summed E-state index contributed by atoms with van der Waals surface area (Å²) in [4.78, 5) is 0. The maximum atomic E-state index is 6.32. The number of fused-ring (bicyclic) bond motifs is 4. The van der Waals surface area contributed by atoms with Crippen LogP contribution in [0, 0.1) is 0 Å². The van der Waals surface area contributed by atoms with Gasteiger partial charge in [-0.2, -0.15) is 0 Å². The number of allylic oxidation sites excluding steroid dienone is 6. The van der Waals surface area contributed by atoms with Crippen molar-refractivity contribution in [3.05, 3.63) is 108 Å². The Morgan fingerprint density at radius 2 is 1.52 bits per heavy atom. The quantitative estimate of drug-likeness (QED) is 0.581. The number of rotatable bonds is 1. The molecule has 0 saturated carbocycles. The molecular formula is C27H29NO. The van der Waals surface area contributed by atoms with E-state index < -0.39 is 0 Å². The van der Waals surface area contributed by atoms with Crippen molar-refractivity contribution in [2.75, 3.05) is 0 Å². The molecule has 2 heteroatoms. The Kier molecular flexibility index (Phi) is 5.29. The molecule has 29 heavy (non-hydrogen) atoms. The fourth-order valence-electron chi connectivity index (χ4n) is 4.50. The molecule has 1 heterocycles. The Balaban J connectivity index is 1.88. The summed E-state index contributed by atoms with van der Waals surface area (Å²) in [6.45, 7) is 10.3. The third kappa shape index (κ3) is 3.61. The first kappa shape index (κ1) is 19.5. The molecular weight excluding hydrogens is 354 g/mol. The second kappa shape index (κ2) is 7.88. The average Bonchev–Trinajstić information content (AvgIpc) is 2.75. The summed E-state index contributed by atoms with van der Waals surface area (Å²) < 4.78 is 6.32. The molecule has 1 atom stereocenters. The van der Waals surface area contributed by atoms with Crippen LogP contribution in [-0.2, 0) is 5.41 Å². The van der Waals surface area contributed by atoms with E-state index in [-0.39, 0.29) is 11.5 Å². The van der Waals surface area contributed by atoms with Crippen molar-refractivity contribution < 1.29 is 4.74 Å². The molecule has 0 amide bonds. The monoisotopic (exact) mass is 383 g/mol. The van der Waals surface area contributed by atoms with Crippen molar-refractivity contribution in [3.8, 4) is 11.5 Å².